The molecule has 8 nitrogen and oxygen atoms in total. The van der Waals surface area contributed by atoms with E-state index in [1.807, 2.05) is 30.3 Å². The van der Waals surface area contributed by atoms with Crippen LogP contribution in [0.4, 0.5) is 5.82 Å². The Balaban J connectivity index is 1.11. The molecule has 222 valence electrons. The van der Waals surface area contributed by atoms with E-state index in [0.717, 1.165) is 93.5 Å². The molecule has 1 N–H and O–H groups in total. The van der Waals surface area contributed by atoms with Gasteiger partial charge in [0.05, 0.1) is 18.6 Å². The van der Waals surface area contributed by atoms with E-state index in [4.69, 9.17) is 14.5 Å². The molecule has 2 aromatic carbocycles. The lowest BCUT2D eigenvalue weighted by molar-refractivity contribution is 0.0283. The molecule has 1 atom stereocenters. The van der Waals surface area contributed by atoms with Crippen LogP contribution in [0.2, 0.25) is 0 Å². The van der Waals surface area contributed by atoms with E-state index < -0.39 is 6.10 Å². The molecule has 0 spiro atoms. The van der Waals surface area contributed by atoms with E-state index >= 15 is 0 Å². The molecule has 9 heteroatoms. The fourth-order valence-corrected chi connectivity index (χ4v) is 7.06. The number of hydrogen-bond donors (Lipinski definition) is 1. The van der Waals surface area contributed by atoms with Crippen LogP contribution in [0.15, 0.2) is 72.4 Å². The van der Waals surface area contributed by atoms with E-state index in [1.54, 1.807) is 17.7 Å². The van der Waals surface area contributed by atoms with Crippen molar-refractivity contribution in [1.82, 2.24) is 19.8 Å². The van der Waals surface area contributed by atoms with E-state index in [1.165, 1.54) is 11.1 Å². The second-order valence-electron chi connectivity index (χ2n) is 11.2. The minimum atomic E-state index is -0.549. The molecule has 2 aromatic heterocycles. The first-order valence-electron chi connectivity index (χ1n) is 15.2. The highest BCUT2D eigenvalue weighted by molar-refractivity contribution is 7.17. The molecule has 0 radical (unpaired) electrons. The third-order valence-electron chi connectivity index (χ3n) is 8.37. The summed E-state index contributed by atoms with van der Waals surface area (Å²) in [5, 5.41) is 14.4. The summed E-state index contributed by atoms with van der Waals surface area (Å²) in [7, 11) is 0. The number of aromatic nitrogens is 2. The molecule has 0 amide bonds. The number of ether oxygens (including phenoxy) is 2. The zero-order valence-corrected chi connectivity index (χ0v) is 25.0. The van der Waals surface area contributed by atoms with Crippen molar-refractivity contribution >= 4 is 27.4 Å². The monoisotopic (exact) mass is 587 g/mol. The van der Waals surface area contributed by atoms with Crippen molar-refractivity contribution in [2.75, 3.05) is 70.5 Å². The molecule has 2 saturated heterocycles. The Morgan fingerprint density at radius 1 is 0.976 bits per heavy atom. The first kappa shape index (κ1) is 29.0. The number of anilines is 1. The standard InChI is InChI=1S/C33H41N5O3S/c39-28(23-41-29-10-5-2-6-11-29)22-38(15-7-14-36-18-20-40-21-19-36)27-12-16-37(17-13-27)32-31-30(26-8-3-1-4-9-26)24-42-33(31)35-25-34-32/h1-6,8-11,24-25,27-28,39H,7,12-23H2. The Morgan fingerprint density at radius 2 is 1.71 bits per heavy atom. The summed E-state index contributed by atoms with van der Waals surface area (Å²) in [5.74, 6) is 1.83. The minimum Gasteiger partial charge on any atom is -0.491 e. The molecule has 6 rings (SSSR count). The number of benzene rings is 2. The summed E-state index contributed by atoms with van der Waals surface area (Å²) in [6.07, 6.45) is 4.29. The molecule has 42 heavy (non-hydrogen) atoms. The fourth-order valence-electron chi connectivity index (χ4n) is 6.15. The lowest BCUT2D eigenvalue weighted by Crippen LogP contribution is -2.49. The molecule has 0 aliphatic carbocycles. The lowest BCUT2D eigenvalue weighted by atomic mass is 10.0. The predicted octanol–water partition coefficient (Wildman–Crippen LogP) is 4.79. The molecule has 0 bridgehead atoms. The largest absolute Gasteiger partial charge is 0.491 e. The summed E-state index contributed by atoms with van der Waals surface area (Å²) in [4.78, 5) is 17.9. The van der Waals surface area contributed by atoms with E-state index in [-0.39, 0.29) is 0 Å². The van der Waals surface area contributed by atoms with Crippen LogP contribution in [-0.2, 0) is 4.74 Å². The third-order valence-corrected chi connectivity index (χ3v) is 9.26. The number of hydrogen-bond acceptors (Lipinski definition) is 9. The average molecular weight is 588 g/mol. The Morgan fingerprint density at radius 3 is 2.48 bits per heavy atom. The van der Waals surface area contributed by atoms with E-state index in [0.29, 0.717) is 19.2 Å². The van der Waals surface area contributed by atoms with Crippen molar-refractivity contribution < 1.29 is 14.6 Å². The van der Waals surface area contributed by atoms with E-state index in [9.17, 15) is 5.11 Å². The number of fused-ring (bicyclic) bond motifs is 1. The van der Waals surface area contributed by atoms with Crippen LogP contribution in [0.1, 0.15) is 19.3 Å². The van der Waals surface area contributed by atoms with Gasteiger partial charge in [0.2, 0.25) is 0 Å². The molecule has 2 aliphatic rings. The summed E-state index contributed by atoms with van der Waals surface area (Å²) in [5.41, 5.74) is 2.41. The molecule has 2 aliphatic heterocycles. The van der Waals surface area contributed by atoms with Gasteiger partial charge in [-0.2, -0.15) is 0 Å². The van der Waals surface area contributed by atoms with Gasteiger partial charge in [-0.1, -0.05) is 48.5 Å². The Labute approximate surface area is 252 Å². The second kappa shape index (κ2) is 14.4. The van der Waals surface area contributed by atoms with Gasteiger partial charge in [-0.25, -0.2) is 9.97 Å². The minimum absolute atomic E-state index is 0.294. The van der Waals surface area contributed by atoms with Crippen molar-refractivity contribution in [1.29, 1.82) is 0 Å². The highest BCUT2D eigenvalue weighted by atomic mass is 32.1. The number of piperidine rings is 1. The third kappa shape index (κ3) is 7.27. The number of aliphatic hydroxyl groups excluding tert-OH is 1. The quantitative estimate of drug-likeness (QED) is 0.254. The lowest BCUT2D eigenvalue weighted by Gasteiger charge is -2.40. The van der Waals surface area contributed by atoms with Crippen molar-refractivity contribution in [3.05, 3.63) is 72.4 Å². The van der Waals surface area contributed by atoms with Crippen LogP contribution >= 0.6 is 11.3 Å². The molecular weight excluding hydrogens is 546 g/mol. The highest BCUT2D eigenvalue weighted by Gasteiger charge is 2.28. The molecule has 4 aromatic rings. The second-order valence-corrected chi connectivity index (χ2v) is 12.0. The Bertz CT molecular complexity index is 1370. The number of thiophene rings is 1. The highest BCUT2D eigenvalue weighted by Crippen LogP contribution is 2.38. The van der Waals surface area contributed by atoms with Crippen molar-refractivity contribution in [2.24, 2.45) is 0 Å². The molecule has 1 unspecified atom stereocenters. The molecule has 2 fully saturated rings. The van der Waals surface area contributed by atoms with Gasteiger partial charge < -0.3 is 19.5 Å². The molecular formula is C33H41N5O3S. The van der Waals surface area contributed by atoms with Gasteiger partial charge in [0.15, 0.2) is 0 Å². The SMILES string of the molecule is OC(COc1ccccc1)CN(CCCN1CCOCC1)C1CCN(c2ncnc3scc(-c4ccccc4)c23)CC1. The predicted molar refractivity (Wildman–Crippen MR) is 169 cm³/mol. The van der Waals surface area contributed by atoms with Gasteiger partial charge >= 0.3 is 0 Å². The average Bonchev–Trinajstić information content (AvgIpc) is 3.50. The van der Waals surface area contributed by atoms with Crippen LogP contribution in [0.25, 0.3) is 21.3 Å². The van der Waals surface area contributed by atoms with Gasteiger partial charge in [-0.3, -0.25) is 9.80 Å². The first-order chi connectivity index (χ1) is 20.7. The van der Waals surface area contributed by atoms with Crippen molar-refractivity contribution in [3.63, 3.8) is 0 Å². The van der Waals surface area contributed by atoms with Crippen LogP contribution < -0.4 is 9.64 Å². The van der Waals surface area contributed by atoms with E-state index in [2.05, 4.69) is 55.4 Å². The maximum absolute atomic E-state index is 11.0. The number of nitrogens with zero attached hydrogens (tertiary/aromatic N) is 5. The number of para-hydroxylation sites is 1. The normalized spacial score (nSPS) is 17.6. The summed E-state index contributed by atoms with van der Waals surface area (Å²) < 4.78 is 11.4. The van der Waals surface area contributed by atoms with Crippen LogP contribution in [-0.4, -0.2) is 103 Å². The fraction of sp³-hybridized carbons (Fsp3) is 0.455. The number of rotatable bonds is 12. The molecule has 4 heterocycles. The summed E-state index contributed by atoms with van der Waals surface area (Å²) in [6, 6.07) is 20.7. The van der Waals surface area contributed by atoms with Crippen molar-refractivity contribution in [2.45, 2.75) is 31.4 Å². The maximum atomic E-state index is 11.0. The smallest absolute Gasteiger partial charge is 0.141 e. The summed E-state index contributed by atoms with van der Waals surface area (Å²) >= 11 is 1.69. The zero-order valence-electron chi connectivity index (χ0n) is 24.2. The Kier molecular flexibility index (Phi) is 9.94. The zero-order chi connectivity index (χ0) is 28.6. The number of aliphatic hydroxyl groups is 1. The van der Waals surface area contributed by atoms with Crippen LogP contribution in [0.5, 0.6) is 5.75 Å². The Hall–Kier alpha value is -3.08. The summed E-state index contributed by atoms with van der Waals surface area (Å²) in [6.45, 7) is 8.45. The van der Waals surface area contributed by atoms with Gasteiger partial charge in [0.1, 0.15) is 35.4 Å². The van der Waals surface area contributed by atoms with Gasteiger partial charge in [0, 0.05) is 49.7 Å². The topological polar surface area (TPSA) is 74.2 Å². The van der Waals surface area contributed by atoms with Crippen molar-refractivity contribution in [3.8, 4) is 16.9 Å². The number of morpholine rings is 1. The maximum Gasteiger partial charge on any atom is 0.141 e. The van der Waals surface area contributed by atoms with Crippen LogP contribution in [0, 0.1) is 0 Å². The van der Waals surface area contributed by atoms with Crippen LogP contribution in [0.3, 0.4) is 0 Å². The first-order valence-corrected chi connectivity index (χ1v) is 16.0. The van der Waals surface area contributed by atoms with Gasteiger partial charge in [-0.15, -0.1) is 11.3 Å². The van der Waals surface area contributed by atoms with Gasteiger partial charge in [-0.05, 0) is 50.0 Å². The van der Waals surface area contributed by atoms with Gasteiger partial charge in [0.25, 0.3) is 0 Å². The molecule has 0 saturated carbocycles.